The molecular weight excluding hydrogens is 454 g/mol. The Morgan fingerprint density at radius 1 is 0.972 bits per heavy atom. The zero-order chi connectivity index (χ0) is 24.6. The second-order valence-corrected chi connectivity index (χ2v) is 11.5. The molecule has 2 saturated heterocycles. The molecule has 36 heavy (non-hydrogen) atoms. The number of piperidine rings is 1. The third kappa shape index (κ3) is 4.60. The lowest BCUT2D eigenvalue weighted by atomic mass is 9.75. The number of fused-ring (bicyclic) bond motifs is 5. The van der Waals surface area contributed by atoms with E-state index in [-0.39, 0.29) is 23.7 Å². The van der Waals surface area contributed by atoms with Crippen LogP contribution >= 0.6 is 0 Å². The molecule has 0 N–H and O–H groups in total. The second-order valence-electron chi connectivity index (χ2n) is 11.5. The van der Waals surface area contributed by atoms with Crippen molar-refractivity contribution in [1.82, 2.24) is 14.5 Å². The molecule has 2 aliphatic heterocycles. The minimum atomic E-state index is -0.400. The molecule has 4 aliphatic rings. The fourth-order valence-electron chi connectivity index (χ4n) is 7.86. The number of aromatic nitrogens is 2. The summed E-state index contributed by atoms with van der Waals surface area (Å²) in [5, 5.41) is 0. The molecule has 1 aromatic carbocycles. The normalized spacial score (nSPS) is 32.7. The van der Waals surface area contributed by atoms with Crippen LogP contribution in [0.1, 0.15) is 76.4 Å². The molecule has 3 heterocycles. The van der Waals surface area contributed by atoms with Crippen LogP contribution in [0.5, 0.6) is 0 Å². The average Bonchev–Trinajstić information content (AvgIpc) is 3.03. The standard InChI is InChI=1S/C29H39N3O4/c1-2-36-28(33)16-26-29(34)32(27-10-6-5-9-25(27)30-26)22-14-23-17-35-18-24(15-22)31(23)21-12-19-7-3-4-8-20(11-19)13-21/h5-6,9-10,19-24H,2-4,7-8,11-18H2,1H3/t19?,20?,21?,22-,23-,24+. The third-order valence-electron chi connectivity index (χ3n) is 9.17. The topological polar surface area (TPSA) is 73.7 Å². The Kier molecular flexibility index (Phi) is 6.86. The van der Waals surface area contributed by atoms with Crippen LogP contribution in [0, 0.1) is 11.8 Å². The largest absolute Gasteiger partial charge is 0.466 e. The van der Waals surface area contributed by atoms with Crippen LogP contribution in [0.25, 0.3) is 11.0 Å². The maximum atomic E-state index is 13.7. The smallest absolute Gasteiger partial charge is 0.312 e. The van der Waals surface area contributed by atoms with Gasteiger partial charge in [0, 0.05) is 24.2 Å². The molecule has 2 unspecified atom stereocenters. The van der Waals surface area contributed by atoms with E-state index in [4.69, 9.17) is 9.47 Å². The lowest BCUT2D eigenvalue weighted by molar-refractivity contribution is -0.142. The highest BCUT2D eigenvalue weighted by molar-refractivity contribution is 5.77. The minimum absolute atomic E-state index is 0.0763. The molecule has 2 saturated carbocycles. The van der Waals surface area contributed by atoms with Crippen LogP contribution in [-0.4, -0.2) is 58.4 Å². The van der Waals surface area contributed by atoms with Crippen molar-refractivity contribution in [3.8, 4) is 0 Å². The summed E-state index contributed by atoms with van der Waals surface area (Å²) >= 11 is 0. The Balaban J connectivity index is 1.31. The lowest BCUT2D eigenvalue weighted by Gasteiger charge is -2.54. The Morgan fingerprint density at radius 2 is 1.67 bits per heavy atom. The summed E-state index contributed by atoms with van der Waals surface area (Å²) in [6, 6.07) is 9.22. The van der Waals surface area contributed by atoms with Gasteiger partial charge in [-0.3, -0.25) is 14.5 Å². The number of hydrogen-bond acceptors (Lipinski definition) is 6. The molecule has 4 fully saturated rings. The van der Waals surface area contributed by atoms with E-state index in [1.165, 1.54) is 44.9 Å². The number of carbonyl (C=O) groups is 1. The van der Waals surface area contributed by atoms with E-state index in [0.717, 1.165) is 48.9 Å². The van der Waals surface area contributed by atoms with Gasteiger partial charge >= 0.3 is 5.97 Å². The first-order valence-corrected chi connectivity index (χ1v) is 14.1. The number of carbonyl (C=O) groups excluding carboxylic acids is 1. The Labute approximate surface area is 213 Å². The van der Waals surface area contributed by atoms with Gasteiger partial charge in [0.2, 0.25) is 0 Å². The molecule has 7 heteroatoms. The monoisotopic (exact) mass is 493 g/mol. The number of nitrogens with zero attached hydrogens (tertiary/aromatic N) is 3. The van der Waals surface area contributed by atoms with E-state index in [0.29, 0.717) is 24.7 Å². The number of rotatable bonds is 5. The summed E-state index contributed by atoms with van der Waals surface area (Å²) < 4.78 is 13.2. The summed E-state index contributed by atoms with van der Waals surface area (Å²) in [6.07, 6.45) is 11.4. The molecular formula is C29H39N3O4. The molecule has 0 spiro atoms. The quantitative estimate of drug-likeness (QED) is 0.580. The first-order chi connectivity index (χ1) is 17.6. The molecule has 2 aromatic rings. The van der Waals surface area contributed by atoms with Crippen LogP contribution in [0.2, 0.25) is 0 Å². The van der Waals surface area contributed by atoms with Gasteiger partial charge in [-0.05, 0) is 63.0 Å². The third-order valence-corrected chi connectivity index (χ3v) is 9.17. The van der Waals surface area contributed by atoms with E-state index in [1.807, 2.05) is 28.8 Å². The maximum absolute atomic E-state index is 13.7. The summed E-state index contributed by atoms with van der Waals surface area (Å²) in [5.74, 6) is 1.36. The highest BCUT2D eigenvalue weighted by Gasteiger charge is 2.45. The SMILES string of the molecule is CCOC(=O)Cc1nc2ccccc2n([C@H]2C[C@H]3COC[C@@H](C2)N3C2CC3CCCCC(C3)C2)c1=O. The van der Waals surface area contributed by atoms with Crippen molar-refractivity contribution in [3.05, 3.63) is 40.3 Å². The summed E-state index contributed by atoms with van der Waals surface area (Å²) in [7, 11) is 0. The van der Waals surface area contributed by atoms with Gasteiger partial charge in [0.1, 0.15) is 5.69 Å². The fraction of sp³-hybridized carbons (Fsp3) is 0.690. The summed E-state index contributed by atoms with van der Waals surface area (Å²) in [6.45, 7) is 3.56. The van der Waals surface area contributed by atoms with Crippen LogP contribution < -0.4 is 5.56 Å². The Hall–Kier alpha value is -2.25. The average molecular weight is 494 g/mol. The van der Waals surface area contributed by atoms with Crippen molar-refractivity contribution in [3.63, 3.8) is 0 Å². The van der Waals surface area contributed by atoms with Gasteiger partial charge in [-0.2, -0.15) is 0 Å². The van der Waals surface area contributed by atoms with Crippen molar-refractivity contribution in [2.24, 2.45) is 11.8 Å². The van der Waals surface area contributed by atoms with Crippen LogP contribution in [0.15, 0.2) is 29.1 Å². The zero-order valence-electron chi connectivity index (χ0n) is 21.4. The number of hydrogen-bond donors (Lipinski definition) is 0. The highest BCUT2D eigenvalue weighted by atomic mass is 16.5. The van der Waals surface area contributed by atoms with Crippen molar-refractivity contribution < 1.29 is 14.3 Å². The van der Waals surface area contributed by atoms with Crippen molar-refractivity contribution in [2.45, 2.75) is 95.3 Å². The summed E-state index contributed by atoms with van der Waals surface area (Å²) in [5.41, 5.74) is 1.75. The van der Waals surface area contributed by atoms with Gasteiger partial charge < -0.3 is 14.0 Å². The predicted molar refractivity (Wildman–Crippen MR) is 138 cm³/mol. The molecule has 7 nitrogen and oxygen atoms in total. The number of benzene rings is 1. The number of ether oxygens (including phenoxy) is 2. The first-order valence-electron chi connectivity index (χ1n) is 14.1. The molecule has 2 aliphatic carbocycles. The minimum Gasteiger partial charge on any atom is -0.466 e. The van der Waals surface area contributed by atoms with Gasteiger partial charge in [0.25, 0.3) is 5.56 Å². The molecule has 0 radical (unpaired) electrons. The van der Waals surface area contributed by atoms with E-state index in [1.54, 1.807) is 6.92 Å². The fourth-order valence-corrected chi connectivity index (χ4v) is 7.86. The van der Waals surface area contributed by atoms with Crippen molar-refractivity contribution >= 4 is 17.0 Å². The van der Waals surface area contributed by atoms with Crippen LogP contribution in [0.4, 0.5) is 0 Å². The molecule has 4 bridgehead atoms. The zero-order valence-corrected chi connectivity index (χ0v) is 21.4. The molecule has 1 aromatic heterocycles. The van der Waals surface area contributed by atoms with E-state index >= 15 is 0 Å². The summed E-state index contributed by atoms with van der Waals surface area (Å²) in [4.78, 5) is 33.4. The predicted octanol–water partition coefficient (Wildman–Crippen LogP) is 4.27. The first kappa shape index (κ1) is 24.1. The van der Waals surface area contributed by atoms with E-state index in [9.17, 15) is 9.59 Å². The van der Waals surface area contributed by atoms with Crippen LogP contribution in [0.3, 0.4) is 0 Å². The Bertz CT molecular complexity index is 1130. The number of para-hydroxylation sites is 2. The van der Waals surface area contributed by atoms with Gasteiger partial charge in [-0.15, -0.1) is 0 Å². The van der Waals surface area contributed by atoms with Gasteiger partial charge in [0.05, 0.1) is 37.3 Å². The molecule has 6 rings (SSSR count). The van der Waals surface area contributed by atoms with Gasteiger partial charge in [-0.1, -0.05) is 37.8 Å². The molecule has 5 atom stereocenters. The second kappa shape index (κ2) is 10.3. The van der Waals surface area contributed by atoms with Crippen molar-refractivity contribution in [2.75, 3.05) is 19.8 Å². The van der Waals surface area contributed by atoms with E-state index in [2.05, 4.69) is 9.88 Å². The lowest BCUT2D eigenvalue weighted by Crippen LogP contribution is -2.62. The molecule has 0 amide bonds. The molecule has 194 valence electrons. The van der Waals surface area contributed by atoms with Gasteiger partial charge in [0.15, 0.2) is 0 Å². The van der Waals surface area contributed by atoms with Crippen molar-refractivity contribution in [1.29, 1.82) is 0 Å². The van der Waals surface area contributed by atoms with Gasteiger partial charge in [-0.25, -0.2) is 4.98 Å². The Morgan fingerprint density at radius 3 is 2.36 bits per heavy atom. The van der Waals surface area contributed by atoms with E-state index < -0.39 is 5.97 Å². The highest BCUT2D eigenvalue weighted by Crippen LogP contribution is 2.44. The van der Waals surface area contributed by atoms with Crippen LogP contribution in [-0.2, 0) is 20.7 Å². The number of morpholine rings is 1. The maximum Gasteiger partial charge on any atom is 0.312 e. The number of esters is 1.